The Balaban J connectivity index is 1.99. The van der Waals surface area contributed by atoms with Crippen molar-refractivity contribution < 1.29 is 14.3 Å². The Labute approximate surface area is 163 Å². The molecule has 0 amide bonds. The average molecular weight is 392 g/mol. The lowest BCUT2D eigenvalue weighted by Crippen LogP contribution is -2.17. The lowest BCUT2D eigenvalue weighted by atomic mass is 9.90. The standard InChI is InChI=1S/C21H13FN2O3S/c22-16-7-3-4-8-17(16)24-20(27)15(19(26)23-21(24)28)11-14-13-6-2-1-5-12(13)9-10-18(14)25/h1-11,27H,(H,23,26,28). The van der Waals surface area contributed by atoms with Crippen LogP contribution >= 0.6 is 12.2 Å². The molecule has 138 valence electrons. The number of nitrogens with one attached hydrogen (secondary N) is 1. The number of hydrogen-bond acceptors (Lipinski definition) is 4. The number of benzene rings is 2. The number of aromatic amines is 1. The van der Waals surface area contributed by atoms with E-state index in [0.717, 1.165) is 10.1 Å². The third-order valence-electron chi connectivity index (χ3n) is 4.43. The molecule has 28 heavy (non-hydrogen) atoms. The van der Waals surface area contributed by atoms with Gasteiger partial charge in [-0.15, -0.1) is 0 Å². The summed E-state index contributed by atoms with van der Waals surface area (Å²) in [6.07, 6.45) is 4.38. The van der Waals surface area contributed by atoms with Crippen molar-refractivity contribution in [3.63, 3.8) is 0 Å². The van der Waals surface area contributed by atoms with Crippen LogP contribution < -0.4 is 5.56 Å². The fraction of sp³-hybridized carbons (Fsp3) is 0. The van der Waals surface area contributed by atoms with Gasteiger partial charge in [-0.3, -0.25) is 19.1 Å². The number of ketones is 1. The Hall–Kier alpha value is -3.58. The Kier molecular flexibility index (Phi) is 4.37. The number of allylic oxidation sites excluding steroid dienone is 2. The van der Waals surface area contributed by atoms with Crippen molar-refractivity contribution in [1.82, 2.24) is 9.55 Å². The van der Waals surface area contributed by atoms with E-state index in [2.05, 4.69) is 4.98 Å². The number of para-hydroxylation sites is 1. The summed E-state index contributed by atoms with van der Waals surface area (Å²) in [5.41, 5.74) is 0.805. The average Bonchev–Trinajstić information content (AvgIpc) is 2.68. The molecular formula is C21H13FN2O3S. The van der Waals surface area contributed by atoms with E-state index in [9.17, 15) is 19.1 Å². The maximum atomic E-state index is 14.2. The van der Waals surface area contributed by atoms with Crippen LogP contribution in [0.4, 0.5) is 4.39 Å². The van der Waals surface area contributed by atoms with Crippen LogP contribution in [0.25, 0.3) is 23.4 Å². The summed E-state index contributed by atoms with van der Waals surface area (Å²) in [6, 6.07) is 12.9. The molecular weight excluding hydrogens is 379 g/mol. The highest BCUT2D eigenvalue weighted by Crippen LogP contribution is 2.30. The molecule has 0 bridgehead atoms. The van der Waals surface area contributed by atoms with Crippen LogP contribution in [0.5, 0.6) is 5.88 Å². The lowest BCUT2D eigenvalue weighted by molar-refractivity contribution is -0.109. The van der Waals surface area contributed by atoms with E-state index in [4.69, 9.17) is 12.2 Å². The van der Waals surface area contributed by atoms with Crippen molar-refractivity contribution in [2.45, 2.75) is 0 Å². The molecule has 1 aromatic heterocycles. The zero-order chi connectivity index (χ0) is 19.8. The minimum Gasteiger partial charge on any atom is -0.494 e. The fourth-order valence-electron chi connectivity index (χ4n) is 3.09. The molecule has 0 radical (unpaired) electrons. The van der Waals surface area contributed by atoms with Gasteiger partial charge in [-0.2, -0.15) is 0 Å². The summed E-state index contributed by atoms with van der Waals surface area (Å²) in [5, 5.41) is 10.7. The summed E-state index contributed by atoms with van der Waals surface area (Å²) in [6.45, 7) is 0. The molecule has 0 saturated carbocycles. The number of carbonyl (C=O) groups excluding carboxylic acids is 1. The molecule has 0 atom stereocenters. The minimum atomic E-state index is -0.678. The van der Waals surface area contributed by atoms with E-state index in [1.807, 2.05) is 12.1 Å². The van der Waals surface area contributed by atoms with Gasteiger partial charge in [-0.05, 0) is 47.6 Å². The second-order valence-corrected chi connectivity index (χ2v) is 6.51. The summed E-state index contributed by atoms with van der Waals surface area (Å²) >= 11 is 5.10. The van der Waals surface area contributed by atoms with Gasteiger partial charge >= 0.3 is 0 Å². The molecule has 1 heterocycles. The molecule has 2 N–H and O–H groups in total. The molecule has 7 heteroatoms. The van der Waals surface area contributed by atoms with Gasteiger partial charge in [0.15, 0.2) is 10.6 Å². The first-order valence-electron chi connectivity index (χ1n) is 8.34. The van der Waals surface area contributed by atoms with Crippen LogP contribution in [0.2, 0.25) is 0 Å². The summed E-state index contributed by atoms with van der Waals surface area (Å²) in [5.74, 6) is -1.48. The van der Waals surface area contributed by atoms with Crippen molar-refractivity contribution in [2.75, 3.05) is 0 Å². The number of H-pyrrole nitrogens is 1. The molecule has 3 aromatic rings. The SMILES string of the molecule is O=C1C=Cc2ccccc2C1=Cc1c(O)n(-c2ccccc2F)c(=S)[nH]c1=O. The Bertz CT molecular complexity index is 1300. The highest BCUT2D eigenvalue weighted by atomic mass is 32.1. The predicted molar refractivity (Wildman–Crippen MR) is 107 cm³/mol. The molecule has 2 aromatic carbocycles. The third kappa shape index (κ3) is 2.91. The Morgan fingerprint density at radius 2 is 1.75 bits per heavy atom. The fourth-order valence-corrected chi connectivity index (χ4v) is 3.37. The molecule has 0 aliphatic heterocycles. The molecule has 0 unspecified atom stereocenters. The van der Waals surface area contributed by atoms with Crippen LogP contribution in [-0.4, -0.2) is 20.4 Å². The topological polar surface area (TPSA) is 75.1 Å². The van der Waals surface area contributed by atoms with Crippen LogP contribution in [0, 0.1) is 10.6 Å². The van der Waals surface area contributed by atoms with E-state index in [1.54, 1.807) is 24.3 Å². The predicted octanol–water partition coefficient (Wildman–Crippen LogP) is 3.88. The van der Waals surface area contributed by atoms with E-state index >= 15 is 0 Å². The number of hydrogen-bond donors (Lipinski definition) is 2. The first-order valence-corrected chi connectivity index (χ1v) is 8.75. The van der Waals surface area contributed by atoms with E-state index in [1.165, 1.54) is 30.4 Å². The number of rotatable bonds is 2. The zero-order valence-corrected chi connectivity index (χ0v) is 15.2. The van der Waals surface area contributed by atoms with Gasteiger partial charge in [0.25, 0.3) is 5.56 Å². The van der Waals surface area contributed by atoms with E-state index < -0.39 is 17.3 Å². The van der Waals surface area contributed by atoms with Crippen molar-refractivity contribution in [3.05, 3.63) is 92.2 Å². The second kappa shape index (κ2) is 6.86. The van der Waals surface area contributed by atoms with Crippen molar-refractivity contribution in [1.29, 1.82) is 0 Å². The number of fused-ring (bicyclic) bond motifs is 1. The van der Waals surface area contributed by atoms with Crippen LogP contribution in [-0.2, 0) is 4.79 Å². The monoisotopic (exact) mass is 392 g/mol. The highest BCUT2D eigenvalue weighted by Gasteiger charge is 2.20. The normalized spacial score (nSPS) is 14.3. The van der Waals surface area contributed by atoms with Crippen LogP contribution in [0.3, 0.4) is 0 Å². The summed E-state index contributed by atoms with van der Waals surface area (Å²) in [4.78, 5) is 27.3. The van der Waals surface area contributed by atoms with E-state index in [0.29, 0.717) is 5.56 Å². The number of aromatic nitrogens is 2. The number of halogens is 1. The largest absolute Gasteiger partial charge is 0.494 e. The molecule has 0 spiro atoms. The van der Waals surface area contributed by atoms with Gasteiger partial charge < -0.3 is 5.11 Å². The number of carbonyl (C=O) groups is 1. The van der Waals surface area contributed by atoms with Gasteiger partial charge in [0, 0.05) is 5.57 Å². The smallest absolute Gasteiger partial charge is 0.262 e. The van der Waals surface area contributed by atoms with Crippen LogP contribution in [0.15, 0.2) is 59.4 Å². The van der Waals surface area contributed by atoms with Gasteiger partial charge in [-0.25, -0.2) is 4.39 Å². The third-order valence-corrected chi connectivity index (χ3v) is 4.72. The quantitative estimate of drug-likeness (QED) is 0.513. The highest BCUT2D eigenvalue weighted by molar-refractivity contribution is 7.71. The Morgan fingerprint density at radius 3 is 2.54 bits per heavy atom. The van der Waals surface area contributed by atoms with Gasteiger partial charge in [0.2, 0.25) is 5.88 Å². The summed E-state index contributed by atoms with van der Waals surface area (Å²) < 4.78 is 15.1. The second-order valence-electron chi connectivity index (χ2n) is 6.13. The van der Waals surface area contributed by atoms with Crippen molar-refractivity contribution in [3.8, 4) is 11.6 Å². The first kappa shape index (κ1) is 17.8. The minimum absolute atomic E-state index is 0.0174. The van der Waals surface area contributed by atoms with Crippen molar-refractivity contribution >= 4 is 35.7 Å². The van der Waals surface area contributed by atoms with Gasteiger partial charge in [0.1, 0.15) is 11.4 Å². The van der Waals surface area contributed by atoms with Gasteiger partial charge in [0.05, 0.1) is 5.69 Å². The first-order chi connectivity index (χ1) is 13.5. The van der Waals surface area contributed by atoms with Gasteiger partial charge in [-0.1, -0.05) is 42.5 Å². The lowest BCUT2D eigenvalue weighted by Gasteiger charge is -2.15. The van der Waals surface area contributed by atoms with Crippen molar-refractivity contribution in [2.24, 2.45) is 0 Å². The Morgan fingerprint density at radius 1 is 1.04 bits per heavy atom. The van der Waals surface area contributed by atoms with Crippen LogP contribution in [0.1, 0.15) is 16.7 Å². The molecule has 4 rings (SSSR count). The maximum Gasteiger partial charge on any atom is 0.262 e. The maximum absolute atomic E-state index is 14.2. The zero-order valence-electron chi connectivity index (χ0n) is 14.3. The van der Waals surface area contributed by atoms with E-state index in [-0.39, 0.29) is 27.4 Å². The molecule has 5 nitrogen and oxygen atoms in total. The number of aromatic hydroxyl groups is 1. The summed E-state index contributed by atoms with van der Waals surface area (Å²) in [7, 11) is 0. The molecule has 0 saturated heterocycles. The molecule has 1 aliphatic carbocycles. The molecule has 1 aliphatic rings. The number of nitrogens with zero attached hydrogens (tertiary/aromatic N) is 1. The molecule has 0 fully saturated rings.